The van der Waals surface area contributed by atoms with Crippen LogP contribution in [0.1, 0.15) is 16.8 Å². The van der Waals surface area contributed by atoms with Gasteiger partial charge in [0.1, 0.15) is 16.9 Å². The first-order valence-electron chi connectivity index (χ1n) is 8.99. The third kappa shape index (κ3) is 3.77. The summed E-state index contributed by atoms with van der Waals surface area (Å²) in [5.41, 5.74) is 7.88. The molecule has 0 spiro atoms. The average molecular weight is 395 g/mol. The van der Waals surface area contributed by atoms with Crippen LogP contribution in [0.25, 0.3) is 11.1 Å². The number of hydrogen-bond acceptors (Lipinski definition) is 5. The molecule has 7 heteroatoms. The number of hydrogen-bond donors (Lipinski definition) is 1. The molecule has 1 aliphatic heterocycles. The lowest BCUT2D eigenvalue weighted by molar-refractivity contribution is 0.100. The molecule has 1 amide bonds. The average Bonchev–Trinajstić information content (AvgIpc) is 3.18. The standard InChI is InChI=1S/C21H19ClN4O2/c22-18-7-4-9-24-21(18)28-16-8-10-26(13-16)20-17(19(23)27)11-15(12-25-20)14-5-2-1-3-6-14/h1-7,9,11-12,16H,8,10,13H2,(H2,23,27)/t16-/m0/s1. The summed E-state index contributed by atoms with van der Waals surface area (Å²) in [6.07, 6.45) is 4.08. The Bertz CT molecular complexity index is 997. The molecule has 1 aliphatic rings. The van der Waals surface area contributed by atoms with Crippen LogP contribution >= 0.6 is 11.6 Å². The molecule has 0 radical (unpaired) electrons. The topological polar surface area (TPSA) is 81.3 Å². The molecule has 1 fully saturated rings. The van der Waals surface area contributed by atoms with Crippen molar-refractivity contribution in [2.45, 2.75) is 12.5 Å². The zero-order chi connectivity index (χ0) is 19.5. The highest BCUT2D eigenvalue weighted by Gasteiger charge is 2.28. The van der Waals surface area contributed by atoms with Gasteiger partial charge in [-0.2, -0.15) is 0 Å². The quantitative estimate of drug-likeness (QED) is 0.715. The number of amides is 1. The fraction of sp³-hybridized carbons (Fsp3) is 0.190. The molecule has 3 aromatic rings. The molecule has 28 heavy (non-hydrogen) atoms. The highest BCUT2D eigenvalue weighted by Crippen LogP contribution is 2.29. The number of ether oxygens (including phenoxy) is 1. The Labute approximate surface area is 167 Å². The van der Waals surface area contributed by atoms with E-state index in [0.29, 0.717) is 35.4 Å². The van der Waals surface area contributed by atoms with Crippen LogP contribution in [0.3, 0.4) is 0 Å². The molecule has 1 aromatic carbocycles. The van der Waals surface area contributed by atoms with Crippen LogP contribution in [-0.2, 0) is 0 Å². The summed E-state index contributed by atoms with van der Waals surface area (Å²) >= 11 is 6.12. The van der Waals surface area contributed by atoms with Gasteiger partial charge in [0.15, 0.2) is 0 Å². The number of aromatic nitrogens is 2. The van der Waals surface area contributed by atoms with Gasteiger partial charge in [-0.15, -0.1) is 0 Å². The van der Waals surface area contributed by atoms with E-state index in [1.165, 1.54) is 0 Å². The number of nitrogens with two attached hydrogens (primary N) is 1. The minimum absolute atomic E-state index is 0.0938. The molecular formula is C21H19ClN4O2. The van der Waals surface area contributed by atoms with E-state index in [-0.39, 0.29) is 6.10 Å². The van der Waals surface area contributed by atoms with Crippen molar-refractivity contribution >= 4 is 23.3 Å². The van der Waals surface area contributed by atoms with E-state index in [9.17, 15) is 4.79 Å². The molecular weight excluding hydrogens is 376 g/mol. The smallest absolute Gasteiger partial charge is 0.252 e. The molecule has 2 N–H and O–H groups in total. The van der Waals surface area contributed by atoms with Gasteiger partial charge in [0, 0.05) is 30.9 Å². The van der Waals surface area contributed by atoms with Crippen molar-refractivity contribution in [3.05, 3.63) is 71.5 Å². The van der Waals surface area contributed by atoms with Gasteiger partial charge in [0.2, 0.25) is 5.88 Å². The SMILES string of the molecule is NC(=O)c1cc(-c2ccccc2)cnc1N1CC[C@H](Oc2ncccc2Cl)C1. The Hall–Kier alpha value is -3.12. The normalized spacial score (nSPS) is 16.2. The molecule has 0 aliphatic carbocycles. The third-order valence-corrected chi connectivity index (χ3v) is 4.97. The third-order valence-electron chi connectivity index (χ3n) is 4.69. The monoisotopic (exact) mass is 394 g/mol. The van der Waals surface area contributed by atoms with E-state index >= 15 is 0 Å². The van der Waals surface area contributed by atoms with E-state index in [2.05, 4.69) is 9.97 Å². The van der Waals surface area contributed by atoms with Crippen molar-refractivity contribution < 1.29 is 9.53 Å². The largest absolute Gasteiger partial charge is 0.471 e. The Morgan fingerprint density at radius 1 is 1.14 bits per heavy atom. The fourth-order valence-corrected chi connectivity index (χ4v) is 3.48. The molecule has 1 atom stereocenters. The lowest BCUT2D eigenvalue weighted by Crippen LogP contribution is -2.28. The highest BCUT2D eigenvalue weighted by molar-refractivity contribution is 6.31. The van der Waals surface area contributed by atoms with Gasteiger partial charge in [-0.05, 0) is 23.8 Å². The summed E-state index contributed by atoms with van der Waals surface area (Å²) in [7, 11) is 0. The summed E-state index contributed by atoms with van der Waals surface area (Å²) in [5, 5.41) is 0.476. The second-order valence-electron chi connectivity index (χ2n) is 6.59. The van der Waals surface area contributed by atoms with E-state index < -0.39 is 5.91 Å². The summed E-state index contributed by atoms with van der Waals surface area (Å²) in [5.74, 6) is 0.487. The maximum atomic E-state index is 12.1. The van der Waals surface area contributed by atoms with E-state index in [1.54, 1.807) is 30.6 Å². The van der Waals surface area contributed by atoms with E-state index in [1.807, 2.05) is 35.2 Å². The number of anilines is 1. The zero-order valence-corrected chi connectivity index (χ0v) is 15.8. The Kier molecular flexibility index (Phi) is 5.12. The second-order valence-corrected chi connectivity index (χ2v) is 7.00. The zero-order valence-electron chi connectivity index (χ0n) is 15.1. The molecule has 1 saturated heterocycles. The van der Waals surface area contributed by atoms with Crippen LogP contribution in [0.2, 0.25) is 5.02 Å². The van der Waals surface area contributed by atoms with Gasteiger partial charge in [-0.3, -0.25) is 4.79 Å². The number of pyridine rings is 2. The van der Waals surface area contributed by atoms with Crippen LogP contribution in [0.4, 0.5) is 5.82 Å². The molecule has 0 unspecified atom stereocenters. The van der Waals surface area contributed by atoms with Gasteiger partial charge in [-0.1, -0.05) is 41.9 Å². The Balaban J connectivity index is 1.56. The maximum Gasteiger partial charge on any atom is 0.252 e. The van der Waals surface area contributed by atoms with Gasteiger partial charge in [0.05, 0.1) is 12.1 Å². The summed E-state index contributed by atoms with van der Waals surface area (Å²) in [6, 6.07) is 15.1. The molecule has 4 rings (SSSR count). The van der Waals surface area contributed by atoms with E-state index in [4.69, 9.17) is 22.1 Å². The predicted octanol–water partition coefficient (Wildman–Crippen LogP) is 3.55. The fourth-order valence-electron chi connectivity index (χ4n) is 3.31. The van der Waals surface area contributed by atoms with Crippen molar-refractivity contribution in [3.8, 4) is 17.0 Å². The summed E-state index contributed by atoms with van der Waals surface area (Å²) in [4.78, 5) is 22.8. The maximum absolute atomic E-state index is 12.1. The Morgan fingerprint density at radius 2 is 1.96 bits per heavy atom. The minimum Gasteiger partial charge on any atom is -0.471 e. The highest BCUT2D eigenvalue weighted by atomic mass is 35.5. The van der Waals surface area contributed by atoms with E-state index in [0.717, 1.165) is 17.5 Å². The van der Waals surface area contributed by atoms with Crippen LogP contribution < -0.4 is 15.4 Å². The molecule has 142 valence electrons. The predicted molar refractivity (Wildman–Crippen MR) is 109 cm³/mol. The molecule has 0 bridgehead atoms. The first kappa shape index (κ1) is 18.3. The van der Waals surface area contributed by atoms with Crippen molar-refractivity contribution in [2.75, 3.05) is 18.0 Å². The number of halogens is 1. The minimum atomic E-state index is -0.502. The van der Waals surface area contributed by atoms with Crippen LogP contribution in [0, 0.1) is 0 Å². The summed E-state index contributed by atoms with van der Waals surface area (Å²) < 4.78 is 5.92. The van der Waals surface area contributed by atoms with Crippen molar-refractivity contribution in [1.29, 1.82) is 0 Å². The van der Waals surface area contributed by atoms with Gasteiger partial charge < -0.3 is 15.4 Å². The molecule has 6 nitrogen and oxygen atoms in total. The molecule has 2 aromatic heterocycles. The van der Waals surface area contributed by atoms with Crippen molar-refractivity contribution in [1.82, 2.24) is 9.97 Å². The lowest BCUT2D eigenvalue weighted by atomic mass is 10.1. The number of carbonyl (C=O) groups excluding carboxylic acids is 1. The van der Waals surface area contributed by atoms with Crippen LogP contribution in [0.15, 0.2) is 60.9 Å². The first-order valence-corrected chi connectivity index (χ1v) is 9.37. The number of nitrogens with zero attached hydrogens (tertiary/aromatic N) is 3. The number of benzene rings is 1. The summed E-state index contributed by atoms with van der Waals surface area (Å²) in [6.45, 7) is 1.28. The number of primary amides is 1. The van der Waals surface area contributed by atoms with Gasteiger partial charge >= 0.3 is 0 Å². The number of rotatable bonds is 5. The number of carbonyl (C=O) groups is 1. The molecule has 3 heterocycles. The Morgan fingerprint density at radius 3 is 2.71 bits per heavy atom. The van der Waals surface area contributed by atoms with Gasteiger partial charge in [-0.25, -0.2) is 9.97 Å². The second kappa shape index (κ2) is 7.86. The first-order chi connectivity index (χ1) is 13.6. The van der Waals surface area contributed by atoms with Gasteiger partial charge in [0.25, 0.3) is 5.91 Å². The van der Waals surface area contributed by atoms with Crippen LogP contribution in [-0.4, -0.2) is 35.1 Å². The van der Waals surface area contributed by atoms with Crippen molar-refractivity contribution in [2.24, 2.45) is 5.73 Å². The molecule has 0 saturated carbocycles. The lowest BCUT2D eigenvalue weighted by Gasteiger charge is -2.20. The van der Waals surface area contributed by atoms with Crippen LogP contribution in [0.5, 0.6) is 5.88 Å². The van der Waals surface area contributed by atoms with Crippen molar-refractivity contribution in [3.63, 3.8) is 0 Å².